The van der Waals surface area contributed by atoms with Crippen LogP contribution in [-0.4, -0.2) is 22.1 Å². The van der Waals surface area contributed by atoms with Crippen LogP contribution in [0.1, 0.15) is 25.7 Å². The molecule has 1 aliphatic rings. The summed E-state index contributed by atoms with van der Waals surface area (Å²) in [7, 11) is 0. The summed E-state index contributed by atoms with van der Waals surface area (Å²) in [6.07, 6.45) is 6.53. The average Bonchev–Trinajstić information content (AvgIpc) is 2.88. The standard InChI is InChI=1S/C14H18N4/c15-10-14(7-3-4-8-14)18-13-9-16-11-5-1-2-6-12(11)17-13/h1-2,5-6,9H,3-4,7-8,10,15H2,(H,17,18). The summed E-state index contributed by atoms with van der Waals surface area (Å²) < 4.78 is 0. The predicted molar refractivity (Wildman–Crippen MR) is 73.4 cm³/mol. The van der Waals surface area contributed by atoms with E-state index in [-0.39, 0.29) is 5.54 Å². The molecule has 3 rings (SSSR count). The van der Waals surface area contributed by atoms with Crippen LogP contribution in [0.4, 0.5) is 5.82 Å². The van der Waals surface area contributed by atoms with Crippen LogP contribution in [0.15, 0.2) is 30.5 Å². The third kappa shape index (κ3) is 2.04. The van der Waals surface area contributed by atoms with Crippen molar-refractivity contribution in [3.05, 3.63) is 30.5 Å². The number of fused-ring (bicyclic) bond motifs is 1. The minimum absolute atomic E-state index is 0.0249. The highest BCUT2D eigenvalue weighted by Crippen LogP contribution is 2.31. The van der Waals surface area contributed by atoms with Crippen molar-refractivity contribution in [2.24, 2.45) is 5.73 Å². The molecule has 0 unspecified atom stereocenters. The summed E-state index contributed by atoms with van der Waals surface area (Å²) in [6.45, 7) is 0.654. The Labute approximate surface area is 107 Å². The van der Waals surface area contributed by atoms with E-state index in [1.54, 1.807) is 6.20 Å². The van der Waals surface area contributed by atoms with Crippen LogP contribution in [0.2, 0.25) is 0 Å². The van der Waals surface area contributed by atoms with Gasteiger partial charge in [0.05, 0.1) is 22.8 Å². The molecule has 1 aromatic carbocycles. The summed E-state index contributed by atoms with van der Waals surface area (Å²) in [4.78, 5) is 9.03. The zero-order chi connectivity index (χ0) is 12.4. The summed E-state index contributed by atoms with van der Waals surface area (Å²) in [5, 5.41) is 3.50. The minimum atomic E-state index is 0.0249. The van der Waals surface area contributed by atoms with Gasteiger partial charge in [0.25, 0.3) is 0 Å². The fourth-order valence-electron chi connectivity index (χ4n) is 2.72. The quantitative estimate of drug-likeness (QED) is 0.867. The van der Waals surface area contributed by atoms with Crippen molar-refractivity contribution >= 4 is 16.9 Å². The number of benzene rings is 1. The van der Waals surface area contributed by atoms with E-state index >= 15 is 0 Å². The second-order valence-corrected chi connectivity index (χ2v) is 5.06. The molecule has 0 atom stereocenters. The lowest BCUT2D eigenvalue weighted by Crippen LogP contribution is -2.43. The molecule has 4 heteroatoms. The van der Waals surface area contributed by atoms with Crippen LogP contribution in [-0.2, 0) is 0 Å². The van der Waals surface area contributed by atoms with Crippen molar-refractivity contribution in [1.29, 1.82) is 0 Å². The molecule has 2 aromatic rings. The van der Waals surface area contributed by atoms with Gasteiger partial charge < -0.3 is 11.1 Å². The largest absolute Gasteiger partial charge is 0.362 e. The Kier molecular flexibility index (Phi) is 2.88. The molecule has 1 aromatic heterocycles. The van der Waals surface area contributed by atoms with Crippen LogP contribution >= 0.6 is 0 Å². The molecule has 3 N–H and O–H groups in total. The minimum Gasteiger partial charge on any atom is -0.362 e. The highest BCUT2D eigenvalue weighted by atomic mass is 15.1. The molecule has 94 valence electrons. The molecule has 1 fully saturated rings. The number of hydrogen-bond acceptors (Lipinski definition) is 4. The highest BCUT2D eigenvalue weighted by molar-refractivity contribution is 5.75. The lowest BCUT2D eigenvalue weighted by atomic mass is 9.98. The Balaban J connectivity index is 1.90. The number of anilines is 1. The molecule has 18 heavy (non-hydrogen) atoms. The Morgan fingerprint density at radius 3 is 2.61 bits per heavy atom. The van der Waals surface area contributed by atoms with Crippen molar-refractivity contribution in [3.63, 3.8) is 0 Å². The van der Waals surface area contributed by atoms with Crippen molar-refractivity contribution in [1.82, 2.24) is 9.97 Å². The van der Waals surface area contributed by atoms with E-state index in [1.165, 1.54) is 12.8 Å². The smallest absolute Gasteiger partial charge is 0.145 e. The van der Waals surface area contributed by atoms with Gasteiger partial charge in [-0.25, -0.2) is 4.98 Å². The van der Waals surface area contributed by atoms with Gasteiger partial charge in [-0.15, -0.1) is 0 Å². The second kappa shape index (κ2) is 4.53. The summed E-state index contributed by atoms with van der Waals surface area (Å²) in [5.74, 6) is 0.834. The Hall–Kier alpha value is -1.68. The van der Waals surface area contributed by atoms with Crippen LogP contribution in [0.3, 0.4) is 0 Å². The molecule has 4 nitrogen and oxygen atoms in total. The van der Waals surface area contributed by atoms with Crippen LogP contribution in [0, 0.1) is 0 Å². The number of aromatic nitrogens is 2. The fraction of sp³-hybridized carbons (Fsp3) is 0.429. The lowest BCUT2D eigenvalue weighted by molar-refractivity contribution is 0.491. The van der Waals surface area contributed by atoms with Gasteiger partial charge in [-0.3, -0.25) is 4.98 Å². The Bertz CT molecular complexity index is 546. The molecule has 0 saturated heterocycles. The first-order valence-electron chi connectivity index (χ1n) is 6.51. The third-order valence-corrected chi connectivity index (χ3v) is 3.79. The maximum Gasteiger partial charge on any atom is 0.145 e. The third-order valence-electron chi connectivity index (χ3n) is 3.79. The Morgan fingerprint density at radius 1 is 1.17 bits per heavy atom. The molecule has 1 saturated carbocycles. The van der Waals surface area contributed by atoms with Crippen LogP contribution < -0.4 is 11.1 Å². The second-order valence-electron chi connectivity index (χ2n) is 5.06. The number of rotatable bonds is 3. The maximum absolute atomic E-state index is 5.92. The monoisotopic (exact) mass is 242 g/mol. The summed E-state index contributed by atoms with van der Waals surface area (Å²) >= 11 is 0. The van der Waals surface area contributed by atoms with E-state index in [0.717, 1.165) is 29.7 Å². The topological polar surface area (TPSA) is 63.8 Å². The van der Waals surface area contributed by atoms with Gasteiger partial charge in [0.1, 0.15) is 5.82 Å². The number of nitrogens with zero attached hydrogens (tertiary/aromatic N) is 2. The van der Waals surface area contributed by atoms with Crippen molar-refractivity contribution in [2.75, 3.05) is 11.9 Å². The van der Waals surface area contributed by atoms with E-state index in [0.29, 0.717) is 6.54 Å². The molecule has 1 heterocycles. The SMILES string of the molecule is NCC1(Nc2cnc3ccccc3n2)CCCC1. The highest BCUT2D eigenvalue weighted by Gasteiger charge is 2.32. The van der Waals surface area contributed by atoms with Gasteiger partial charge in [0.15, 0.2) is 0 Å². The molecule has 0 spiro atoms. The molecule has 0 bridgehead atoms. The fourth-order valence-corrected chi connectivity index (χ4v) is 2.72. The first-order chi connectivity index (χ1) is 8.81. The first kappa shape index (κ1) is 11.4. The number of para-hydroxylation sites is 2. The van der Waals surface area contributed by atoms with E-state index in [2.05, 4.69) is 15.3 Å². The van der Waals surface area contributed by atoms with Gasteiger partial charge in [0.2, 0.25) is 0 Å². The normalized spacial score (nSPS) is 18.1. The van der Waals surface area contributed by atoms with Crippen LogP contribution in [0.25, 0.3) is 11.0 Å². The molecule has 0 amide bonds. The summed E-state index contributed by atoms with van der Waals surface area (Å²) in [5.41, 5.74) is 7.79. The molecule has 0 aliphatic heterocycles. The van der Waals surface area contributed by atoms with Crippen molar-refractivity contribution < 1.29 is 0 Å². The van der Waals surface area contributed by atoms with Gasteiger partial charge in [-0.1, -0.05) is 25.0 Å². The molecule has 0 radical (unpaired) electrons. The predicted octanol–water partition coefficient (Wildman–Crippen LogP) is 2.31. The van der Waals surface area contributed by atoms with E-state index in [9.17, 15) is 0 Å². The lowest BCUT2D eigenvalue weighted by Gasteiger charge is -2.29. The van der Waals surface area contributed by atoms with E-state index < -0.39 is 0 Å². The summed E-state index contributed by atoms with van der Waals surface area (Å²) in [6, 6.07) is 7.91. The van der Waals surface area contributed by atoms with E-state index in [4.69, 9.17) is 5.73 Å². The first-order valence-corrected chi connectivity index (χ1v) is 6.51. The number of nitrogens with two attached hydrogens (primary N) is 1. The average molecular weight is 242 g/mol. The van der Waals surface area contributed by atoms with Crippen molar-refractivity contribution in [3.8, 4) is 0 Å². The molecular weight excluding hydrogens is 224 g/mol. The number of nitrogens with one attached hydrogen (secondary N) is 1. The zero-order valence-corrected chi connectivity index (χ0v) is 10.4. The van der Waals surface area contributed by atoms with E-state index in [1.807, 2.05) is 24.3 Å². The maximum atomic E-state index is 5.92. The number of hydrogen-bond donors (Lipinski definition) is 2. The zero-order valence-electron chi connectivity index (χ0n) is 10.4. The van der Waals surface area contributed by atoms with Crippen molar-refractivity contribution in [2.45, 2.75) is 31.2 Å². The molecule has 1 aliphatic carbocycles. The van der Waals surface area contributed by atoms with Gasteiger partial charge in [-0.05, 0) is 25.0 Å². The van der Waals surface area contributed by atoms with Gasteiger partial charge >= 0.3 is 0 Å². The van der Waals surface area contributed by atoms with Gasteiger partial charge in [-0.2, -0.15) is 0 Å². The Morgan fingerprint density at radius 2 is 1.89 bits per heavy atom. The van der Waals surface area contributed by atoms with Crippen LogP contribution in [0.5, 0.6) is 0 Å². The van der Waals surface area contributed by atoms with Gasteiger partial charge in [0, 0.05) is 6.54 Å². The molecular formula is C14H18N4.